The quantitative estimate of drug-likeness (QED) is 0.818. The molecule has 1 saturated carbocycles. The first-order chi connectivity index (χ1) is 8.24. The minimum atomic E-state index is -0.190. The van der Waals surface area contributed by atoms with E-state index in [0.717, 1.165) is 24.5 Å². The van der Waals surface area contributed by atoms with E-state index in [1.54, 1.807) is 0 Å². The van der Waals surface area contributed by atoms with Crippen LogP contribution in [0.2, 0.25) is 0 Å². The zero-order valence-electron chi connectivity index (χ0n) is 10.6. The van der Waals surface area contributed by atoms with Crippen LogP contribution in [0.1, 0.15) is 37.7 Å². The van der Waals surface area contributed by atoms with E-state index in [1.165, 1.54) is 24.8 Å². The Hall–Kier alpha value is -1.02. The van der Waals surface area contributed by atoms with Gasteiger partial charge in [-0.25, -0.2) is 0 Å². The zero-order chi connectivity index (χ0) is 12.1. The second-order valence-corrected chi connectivity index (χ2v) is 5.14. The van der Waals surface area contributed by atoms with Crippen molar-refractivity contribution in [1.82, 2.24) is 0 Å². The summed E-state index contributed by atoms with van der Waals surface area (Å²) < 4.78 is 5.63. The summed E-state index contributed by atoms with van der Waals surface area (Å²) in [4.78, 5) is 0. The maximum Gasteiger partial charge on any atom is 0.119 e. The van der Waals surface area contributed by atoms with E-state index in [0.29, 0.717) is 6.61 Å². The van der Waals surface area contributed by atoms with Crippen LogP contribution in [-0.4, -0.2) is 17.8 Å². The van der Waals surface area contributed by atoms with E-state index in [2.05, 4.69) is 13.0 Å². The number of ether oxygens (including phenoxy) is 1. The average Bonchev–Trinajstić information content (AvgIpc) is 2.24. The molecule has 17 heavy (non-hydrogen) atoms. The molecule has 1 atom stereocenters. The van der Waals surface area contributed by atoms with Gasteiger partial charge in [-0.2, -0.15) is 0 Å². The van der Waals surface area contributed by atoms with Crippen LogP contribution in [0, 0.1) is 12.8 Å². The fourth-order valence-corrected chi connectivity index (χ4v) is 2.25. The summed E-state index contributed by atoms with van der Waals surface area (Å²) in [5.74, 6) is 1.67. The van der Waals surface area contributed by atoms with Crippen molar-refractivity contribution in [2.75, 3.05) is 6.61 Å². The number of hydrogen-bond donors (Lipinski definition) is 1. The monoisotopic (exact) mass is 234 g/mol. The molecule has 1 unspecified atom stereocenters. The number of benzene rings is 1. The molecule has 0 radical (unpaired) electrons. The van der Waals surface area contributed by atoms with Gasteiger partial charge in [0.25, 0.3) is 0 Å². The van der Waals surface area contributed by atoms with Gasteiger partial charge in [0.05, 0.1) is 12.7 Å². The molecular weight excluding hydrogens is 212 g/mol. The Kier molecular flexibility index (Phi) is 4.43. The molecule has 1 aromatic rings. The lowest BCUT2D eigenvalue weighted by Crippen LogP contribution is -2.21. The molecule has 0 aliphatic heterocycles. The van der Waals surface area contributed by atoms with Gasteiger partial charge >= 0.3 is 0 Å². The first-order valence-corrected chi connectivity index (χ1v) is 6.61. The van der Waals surface area contributed by atoms with Gasteiger partial charge in [-0.3, -0.25) is 0 Å². The summed E-state index contributed by atoms with van der Waals surface area (Å²) in [5.41, 5.74) is 1.21. The van der Waals surface area contributed by atoms with Crippen molar-refractivity contribution in [3.05, 3.63) is 29.8 Å². The first-order valence-electron chi connectivity index (χ1n) is 6.61. The fourth-order valence-electron chi connectivity index (χ4n) is 2.25. The topological polar surface area (TPSA) is 29.5 Å². The molecule has 1 N–H and O–H groups in total. The van der Waals surface area contributed by atoms with Crippen LogP contribution in [0.4, 0.5) is 0 Å². The number of aliphatic hydroxyl groups is 1. The normalized spacial score (nSPS) is 17.5. The minimum Gasteiger partial charge on any atom is -0.493 e. The molecule has 1 aliphatic carbocycles. The van der Waals surface area contributed by atoms with Gasteiger partial charge in [-0.1, -0.05) is 31.4 Å². The lowest BCUT2D eigenvalue weighted by molar-refractivity contribution is 0.0946. The molecule has 0 heterocycles. The maximum absolute atomic E-state index is 9.84. The largest absolute Gasteiger partial charge is 0.493 e. The molecule has 0 saturated heterocycles. The number of hydrogen-bond acceptors (Lipinski definition) is 2. The SMILES string of the molecule is Cc1cccc(OCCC(O)CC2CCC2)c1. The first kappa shape index (κ1) is 12.4. The minimum absolute atomic E-state index is 0.190. The molecule has 2 nitrogen and oxygen atoms in total. The van der Waals surface area contributed by atoms with Crippen LogP contribution in [0.3, 0.4) is 0 Å². The summed E-state index contributed by atoms with van der Waals surface area (Å²) in [5, 5.41) is 9.84. The van der Waals surface area contributed by atoms with Crippen molar-refractivity contribution in [2.24, 2.45) is 5.92 Å². The van der Waals surface area contributed by atoms with Crippen molar-refractivity contribution >= 4 is 0 Å². The third kappa shape index (κ3) is 4.04. The van der Waals surface area contributed by atoms with Gasteiger partial charge in [0.1, 0.15) is 5.75 Å². The lowest BCUT2D eigenvalue weighted by Gasteiger charge is -2.27. The Balaban J connectivity index is 1.64. The Morgan fingerprint density at radius 2 is 2.24 bits per heavy atom. The van der Waals surface area contributed by atoms with Crippen LogP contribution in [0.25, 0.3) is 0 Å². The Bertz CT molecular complexity index is 345. The molecule has 0 aromatic heterocycles. The van der Waals surface area contributed by atoms with E-state index in [-0.39, 0.29) is 6.10 Å². The van der Waals surface area contributed by atoms with E-state index in [4.69, 9.17) is 4.74 Å². The van der Waals surface area contributed by atoms with Crippen molar-refractivity contribution in [1.29, 1.82) is 0 Å². The molecular formula is C15H22O2. The van der Waals surface area contributed by atoms with Gasteiger partial charge in [0.15, 0.2) is 0 Å². The highest BCUT2D eigenvalue weighted by atomic mass is 16.5. The third-order valence-corrected chi connectivity index (χ3v) is 3.54. The summed E-state index contributed by atoms with van der Waals surface area (Å²) >= 11 is 0. The van der Waals surface area contributed by atoms with Crippen molar-refractivity contribution in [2.45, 2.75) is 45.1 Å². The summed E-state index contributed by atoms with van der Waals surface area (Å²) in [7, 11) is 0. The van der Waals surface area contributed by atoms with Crippen molar-refractivity contribution < 1.29 is 9.84 Å². The molecule has 1 aliphatic rings. The molecule has 1 aromatic carbocycles. The molecule has 2 heteroatoms. The van der Waals surface area contributed by atoms with Gasteiger partial charge < -0.3 is 9.84 Å². The second kappa shape index (κ2) is 6.06. The second-order valence-electron chi connectivity index (χ2n) is 5.14. The van der Waals surface area contributed by atoms with E-state index in [1.807, 2.05) is 18.2 Å². The maximum atomic E-state index is 9.84. The summed E-state index contributed by atoms with van der Waals surface area (Å²) in [6.07, 6.45) is 5.45. The highest BCUT2D eigenvalue weighted by Gasteiger charge is 2.20. The van der Waals surface area contributed by atoms with E-state index < -0.39 is 0 Å². The third-order valence-electron chi connectivity index (χ3n) is 3.54. The van der Waals surface area contributed by atoms with Crippen LogP contribution in [0.15, 0.2) is 24.3 Å². The molecule has 1 fully saturated rings. The highest BCUT2D eigenvalue weighted by molar-refractivity contribution is 5.27. The molecule has 0 bridgehead atoms. The molecule has 2 rings (SSSR count). The van der Waals surface area contributed by atoms with Crippen molar-refractivity contribution in [3.63, 3.8) is 0 Å². The summed E-state index contributed by atoms with van der Waals surface area (Å²) in [6.45, 7) is 2.66. The number of aliphatic hydroxyl groups excluding tert-OH is 1. The summed E-state index contributed by atoms with van der Waals surface area (Å²) in [6, 6.07) is 8.04. The van der Waals surface area contributed by atoms with Crippen LogP contribution >= 0.6 is 0 Å². The van der Waals surface area contributed by atoms with Crippen LogP contribution in [-0.2, 0) is 0 Å². The van der Waals surface area contributed by atoms with Gasteiger partial charge in [-0.15, -0.1) is 0 Å². The Morgan fingerprint density at radius 3 is 2.88 bits per heavy atom. The van der Waals surface area contributed by atoms with E-state index in [9.17, 15) is 5.11 Å². The molecule has 94 valence electrons. The van der Waals surface area contributed by atoms with Crippen LogP contribution < -0.4 is 4.74 Å². The Labute approximate surface area is 104 Å². The van der Waals surface area contributed by atoms with Crippen molar-refractivity contribution in [3.8, 4) is 5.75 Å². The standard InChI is InChI=1S/C15H22O2/c1-12-4-2-7-15(10-12)17-9-8-14(16)11-13-5-3-6-13/h2,4,7,10,13-14,16H,3,5-6,8-9,11H2,1H3. The lowest BCUT2D eigenvalue weighted by atomic mass is 9.81. The molecule has 0 amide bonds. The number of aryl methyl sites for hydroxylation is 1. The zero-order valence-corrected chi connectivity index (χ0v) is 10.6. The predicted octanol–water partition coefficient (Wildman–Crippen LogP) is 3.32. The van der Waals surface area contributed by atoms with E-state index >= 15 is 0 Å². The predicted molar refractivity (Wildman–Crippen MR) is 69.3 cm³/mol. The van der Waals surface area contributed by atoms with Crippen LogP contribution in [0.5, 0.6) is 5.75 Å². The smallest absolute Gasteiger partial charge is 0.119 e. The van der Waals surface area contributed by atoms with Gasteiger partial charge in [0.2, 0.25) is 0 Å². The van der Waals surface area contributed by atoms with Gasteiger partial charge in [0, 0.05) is 6.42 Å². The van der Waals surface area contributed by atoms with Gasteiger partial charge in [-0.05, 0) is 37.0 Å². The number of rotatable bonds is 6. The highest BCUT2D eigenvalue weighted by Crippen LogP contribution is 2.30. The average molecular weight is 234 g/mol. The molecule has 0 spiro atoms. The Morgan fingerprint density at radius 1 is 1.41 bits per heavy atom. The fraction of sp³-hybridized carbons (Fsp3) is 0.600.